The quantitative estimate of drug-likeness (QED) is 0.882. The van der Waals surface area contributed by atoms with E-state index in [4.69, 9.17) is 4.74 Å². The first-order valence-electron chi connectivity index (χ1n) is 4.64. The van der Waals surface area contributed by atoms with Crippen molar-refractivity contribution < 1.29 is 9.84 Å². The van der Waals surface area contributed by atoms with Gasteiger partial charge in [0.25, 0.3) is 0 Å². The zero-order valence-corrected chi connectivity index (χ0v) is 9.89. The maximum atomic E-state index is 10.0. The highest BCUT2D eigenvalue weighted by Crippen LogP contribution is 2.50. The summed E-state index contributed by atoms with van der Waals surface area (Å²) in [5.41, 5.74) is 1.38. The van der Waals surface area contributed by atoms with Gasteiger partial charge in [-0.05, 0) is 41.3 Å². The van der Waals surface area contributed by atoms with Gasteiger partial charge in [-0.25, -0.2) is 0 Å². The van der Waals surface area contributed by atoms with Crippen LogP contribution in [0.2, 0.25) is 0 Å². The predicted molar refractivity (Wildman–Crippen MR) is 58.6 cm³/mol. The molecule has 0 aromatic heterocycles. The molecular weight excluding hydrogens is 244 g/mol. The number of aliphatic hydroxyl groups is 1. The lowest BCUT2D eigenvalue weighted by molar-refractivity contribution is 0.147. The molecule has 0 radical (unpaired) electrons. The van der Waals surface area contributed by atoms with Gasteiger partial charge in [0.05, 0.1) is 17.2 Å². The molecule has 1 fully saturated rings. The van der Waals surface area contributed by atoms with Crippen LogP contribution in [0.5, 0.6) is 5.75 Å². The lowest BCUT2D eigenvalue weighted by Gasteiger charge is -2.16. The van der Waals surface area contributed by atoms with Crippen molar-refractivity contribution in [1.29, 1.82) is 0 Å². The summed E-state index contributed by atoms with van der Waals surface area (Å²) in [7, 11) is 1.63. The molecular formula is C11H13BrO2. The second kappa shape index (κ2) is 3.24. The van der Waals surface area contributed by atoms with E-state index in [-0.39, 0.29) is 0 Å². The molecule has 0 saturated heterocycles. The maximum Gasteiger partial charge on any atom is 0.139 e. The van der Waals surface area contributed by atoms with Crippen LogP contribution in [0.1, 0.15) is 24.0 Å². The standard InChI is InChI=1S/C11H13BrO2/c1-7-3-4-8(11(13)5-6-11)10(14-2)9(7)12/h3-4,13H,5-6H2,1-2H3. The van der Waals surface area contributed by atoms with Crippen molar-refractivity contribution in [2.24, 2.45) is 0 Å². The van der Waals surface area contributed by atoms with E-state index >= 15 is 0 Å². The van der Waals surface area contributed by atoms with E-state index in [1.165, 1.54) is 0 Å². The molecule has 2 rings (SSSR count). The third-order valence-electron chi connectivity index (χ3n) is 2.72. The molecule has 76 valence electrons. The van der Waals surface area contributed by atoms with Crippen molar-refractivity contribution in [2.75, 3.05) is 7.11 Å². The van der Waals surface area contributed by atoms with Crippen LogP contribution in [-0.2, 0) is 5.60 Å². The van der Waals surface area contributed by atoms with E-state index < -0.39 is 5.60 Å². The Morgan fingerprint density at radius 1 is 1.43 bits per heavy atom. The summed E-state index contributed by atoms with van der Waals surface area (Å²) in [5, 5.41) is 10.0. The molecule has 0 bridgehead atoms. The molecule has 1 N–H and O–H groups in total. The van der Waals surface area contributed by atoms with Crippen molar-refractivity contribution in [3.8, 4) is 5.75 Å². The van der Waals surface area contributed by atoms with Gasteiger partial charge in [0.1, 0.15) is 5.75 Å². The van der Waals surface area contributed by atoms with Crippen LogP contribution in [0.3, 0.4) is 0 Å². The summed E-state index contributed by atoms with van der Waals surface area (Å²) >= 11 is 3.48. The van der Waals surface area contributed by atoms with Crippen molar-refractivity contribution in [2.45, 2.75) is 25.4 Å². The van der Waals surface area contributed by atoms with Crippen LogP contribution in [0.4, 0.5) is 0 Å². The maximum absolute atomic E-state index is 10.0. The van der Waals surface area contributed by atoms with Gasteiger partial charge in [-0.2, -0.15) is 0 Å². The van der Waals surface area contributed by atoms with E-state index in [1.807, 2.05) is 19.1 Å². The number of halogens is 1. The lowest BCUT2D eigenvalue weighted by Crippen LogP contribution is -2.07. The molecule has 0 unspecified atom stereocenters. The largest absolute Gasteiger partial charge is 0.495 e. The van der Waals surface area contributed by atoms with Crippen LogP contribution >= 0.6 is 15.9 Å². The Balaban J connectivity index is 2.55. The fourth-order valence-corrected chi connectivity index (χ4v) is 2.12. The molecule has 0 amide bonds. The summed E-state index contributed by atoms with van der Waals surface area (Å²) < 4.78 is 6.26. The highest BCUT2D eigenvalue weighted by Gasteiger charge is 2.44. The summed E-state index contributed by atoms with van der Waals surface area (Å²) in [6, 6.07) is 3.95. The monoisotopic (exact) mass is 256 g/mol. The van der Waals surface area contributed by atoms with Gasteiger partial charge >= 0.3 is 0 Å². The van der Waals surface area contributed by atoms with Crippen LogP contribution < -0.4 is 4.74 Å². The second-order valence-corrected chi connectivity index (χ2v) is 4.60. The normalized spacial score (nSPS) is 18.0. The number of aryl methyl sites for hydroxylation is 1. The van der Waals surface area contributed by atoms with Crippen LogP contribution in [0, 0.1) is 6.92 Å². The van der Waals surface area contributed by atoms with E-state index in [9.17, 15) is 5.11 Å². The number of ether oxygens (including phenoxy) is 1. The Hall–Kier alpha value is -0.540. The number of hydrogen-bond acceptors (Lipinski definition) is 2. The molecule has 3 heteroatoms. The molecule has 0 atom stereocenters. The number of hydrogen-bond donors (Lipinski definition) is 1. The summed E-state index contributed by atoms with van der Waals surface area (Å²) in [6.45, 7) is 2.01. The van der Waals surface area contributed by atoms with Gasteiger partial charge in [-0.15, -0.1) is 0 Å². The van der Waals surface area contributed by atoms with Gasteiger partial charge < -0.3 is 9.84 Å². The first-order valence-corrected chi connectivity index (χ1v) is 5.44. The topological polar surface area (TPSA) is 29.5 Å². The Morgan fingerprint density at radius 2 is 2.07 bits per heavy atom. The molecule has 1 saturated carbocycles. The second-order valence-electron chi connectivity index (χ2n) is 3.81. The highest BCUT2D eigenvalue weighted by molar-refractivity contribution is 9.10. The highest BCUT2D eigenvalue weighted by atomic mass is 79.9. The first-order chi connectivity index (χ1) is 6.58. The number of methoxy groups -OCH3 is 1. The third kappa shape index (κ3) is 1.44. The van der Waals surface area contributed by atoms with Gasteiger partial charge in [0, 0.05) is 5.56 Å². The van der Waals surface area contributed by atoms with Gasteiger partial charge in [-0.1, -0.05) is 12.1 Å². The number of benzene rings is 1. The van der Waals surface area contributed by atoms with E-state index in [0.29, 0.717) is 0 Å². The van der Waals surface area contributed by atoms with Crippen molar-refractivity contribution in [1.82, 2.24) is 0 Å². The lowest BCUT2D eigenvalue weighted by atomic mass is 10.0. The van der Waals surface area contributed by atoms with Crippen molar-refractivity contribution in [3.05, 3.63) is 27.7 Å². The molecule has 1 aromatic carbocycles. The fourth-order valence-electron chi connectivity index (χ4n) is 1.61. The van der Waals surface area contributed by atoms with Crippen molar-refractivity contribution >= 4 is 15.9 Å². The van der Waals surface area contributed by atoms with Crippen molar-refractivity contribution in [3.63, 3.8) is 0 Å². The third-order valence-corrected chi connectivity index (χ3v) is 3.70. The van der Waals surface area contributed by atoms with E-state index in [1.54, 1.807) is 7.11 Å². The average molecular weight is 257 g/mol. The molecule has 0 aliphatic heterocycles. The minimum atomic E-state index is -0.637. The van der Waals surface area contributed by atoms with Crippen LogP contribution in [0.25, 0.3) is 0 Å². The van der Waals surface area contributed by atoms with Crippen LogP contribution in [0.15, 0.2) is 16.6 Å². The molecule has 0 heterocycles. The number of rotatable bonds is 2. The SMILES string of the molecule is COc1c(C2(O)CC2)ccc(C)c1Br. The zero-order chi connectivity index (χ0) is 10.3. The molecule has 2 nitrogen and oxygen atoms in total. The average Bonchev–Trinajstić information content (AvgIpc) is 2.89. The first kappa shape index (κ1) is 9.99. The smallest absolute Gasteiger partial charge is 0.139 e. The molecule has 1 aromatic rings. The minimum Gasteiger partial charge on any atom is -0.495 e. The Bertz CT molecular complexity index is 370. The summed E-state index contributed by atoms with van der Waals surface area (Å²) in [5.74, 6) is 0.769. The Morgan fingerprint density at radius 3 is 2.57 bits per heavy atom. The fraction of sp³-hybridized carbons (Fsp3) is 0.455. The minimum absolute atomic E-state index is 0.637. The molecule has 0 spiro atoms. The van der Waals surface area contributed by atoms with Gasteiger partial charge in [0.15, 0.2) is 0 Å². The van der Waals surface area contributed by atoms with E-state index in [0.717, 1.165) is 34.2 Å². The molecule has 1 aliphatic carbocycles. The molecule has 14 heavy (non-hydrogen) atoms. The van der Waals surface area contributed by atoms with Gasteiger partial charge in [0.2, 0.25) is 0 Å². The van der Waals surface area contributed by atoms with E-state index in [2.05, 4.69) is 15.9 Å². The zero-order valence-electron chi connectivity index (χ0n) is 8.30. The summed E-state index contributed by atoms with van der Waals surface area (Å²) in [4.78, 5) is 0. The Kier molecular flexibility index (Phi) is 2.32. The predicted octanol–water partition coefficient (Wildman–Crippen LogP) is 2.75. The Labute approximate surface area is 92.0 Å². The van der Waals surface area contributed by atoms with Gasteiger partial charge in [-0.3, -0.25) is 0 Å². The molecule has 1 aliphatic rings. The summed E-state index contributed by atoms with van der Waals surface area (Å²) in [6.07, 6.45) is 1.66. The van der Waals surface area contributed by atoms with Crippen LogP contribution in [-0.4, -0.2) is 12.2 Å².